The van der Waals surface area contributed by atoms with Gasteiger partial charge in [0.2, 0.25) is 0 Å². The molecule has 4 nitrogen and oxygen atoms in total. The van der Waals surface area contributed by atoms with Gasteiger partial charge in [-0.25, -0.2) is 4.79 Å². The Balaban J connectivity index is 1.99. The van der Waals surface area contributed by atoms with E-state index in [0.717, 1.165) is 25.1 Å². The number of carbonyl (C=O) groups is 1. The van der Waals surface area contributed by atoms with Gasteiger partial charge in [0.1, 0.15) is 5.75 Å². The second kappa shape index (κ2) is 7.28. The molecular formula is C16H18N2O2. The molecule has 2 aromatic rings. The van der Waals surface area contributed by atoms with Crippen LogP contribution in [0, 0.1) is 0 Å². The standard InChI is InChI=1S/C16H18N2O2/c1-2-3-10-18-14-7-4-8-15(11-14)20-16(19)13-6-5-9-17-12-13/h4-9,11-12,18H,2-3,10H2,1H3. The van der Waals surface area contributed by atoms with Gasteiger partial charge in [-0.3, -0.25) is 4.98 Å². The molecule has 0 saturated carbocycles. The second-order valence-corrected chi connectivity index (χ2v) is 4.44. The summed E-state index contributed by atoms with van der Waals surface area (Å²) in [5.74, 6) is 0.129. The predicted octanol–water partition coefficient (Wildman–Crippen LogP) is 3.51. The largest absolute Gasteiger partial charge is 0.423 e. The summed E-state index contributed by atoms with van der Waals surface area (Å²) in [6.45, 7) is 3.06. The van der Waals surface area contributed by atoms with E-state index in [1.807, 2.05) is 18.2 Å². The molecule has 0 atom stereocenters. The van der Waals surface area contributed by atoms with Gasteiger partial charge in [-0.2, -0.15) is 0 Å². The Morgan fingerprint density at radius 2 is 2.20 bits per heavy atom. The second-order valence-electron chi connectivity index (χ2n) is 4.44. The molecule has 1 heterocycles. The minimum absolute atomic E-state index is 0.399. The number of aromatic nitrogens is 1. The number of hydrogen-bond acceptors (Lipinski definition) is 4. The van der Waals surface area contributed by atoms with Gasteiger partial charge in [0.15, 0.2) is 0 Å². The fourth-order valence-corrected chi connectivity index (χ4v) is 1.73. The molecule has 0 amide bonds. The predicted molar refractivity (Wildman–Crippen MR) is 79.0 cm³/mol. The van der Waals surface area contributed by atoms with Crippen LogP contribution < -0.4 is 10.1 Å². The number of anilines is 1. The molecule has 1 aromatic carbocycles. The SMILES string of the molecule is CCCCNc1cccc(OC(=O)c2cccnc2)c1. The van der Waals surface area contributed by atoms with E-state index in [1.165, 1.54) is 6.20 Å². The lowest BCUT2D eigenvalue weighted by atomic mass is 10.2. The number of nitrogens with zero attached hydrogens (tertiary/aromatic N) is 1. The van der Waals surface area contributed by atoms with Crippen molar-refractivity contribution >= 4 is 11.7 Å². The topological polar surface area (TPSA) is 51.2 Å². The fraction of sp³-hybridized carbons (Fsp3) is 0.250. The van der Waals surface area contributed by atoms with E-state index in [9.17, 15) is 4.79 Å². The first-order valence-corrected chi connectivity index (χ1v) is 6.75. The van der Waals surface area contributed by atoms with Crippen molar-refractivity contribution in [2.75, 3.05) is 11.9 Å². The van der Waals surface area contributed by atoms with E-state index in [1.54, 1.807) is 24.4 Å². The van der Waals surface area contributed by atoms with Crippen LogP contribution in [0.3, 0.4) is 0 Å². The van der Waals surface area contributed by atoms with Crippen LogP contribution in [0.2, 0.25) is 0 Å². The Bertz CT molecular complexity index is 555. The maximum atomic E-state index is 11.9. The van der Waals surface area contributed by atoms with E-state index in [4.69, 9.17) is 4.74 Å². The average molecular weight is 270 g/mol. The molecule has 0 saturated heterocycles. The maximum Gasteiger partial charge on any atom is 0.345 e. The zero-order chi connectivity index (χ0) is 14.2. The highest BCUT2D eigenvalue weighted by molar-refractivity contribution is 5.90. The Hall–Kier alpha value is -2.36. The number of rotatable bonds is 6. The Labute approximate surface area is 118 Å². The van der Waals surface area contributed by atoms with Crippen molar-refractivity contribution in [2.24, 2.45) is 0 Å². The number of ether oxygens (including phenoxy) is 1. The fourth-order valence-electron chi connectivity index (χ4n) is 1.73. The summed E-state index contributed by atoms with van der Waals surface area (Å²) in [5.41, 5.74) is 1.40. The minimum atomic E-state index is -0.399. The van der Waals surface area contributed by atoms with Gasteiger partial charge in [0.05, 0.1) is 5.56 Å². The van der Waals surface area contributed by atoms with Crippen molar-refractivity contribution in [1.82, 2.24) is 4.98 Å². The Morgan fingerprint density at radius 3 is 2.95 bits per heavy atom. The summed E-state index contributed by atoms with van der Waals surface area (Å²) < 4.78 is 5.33. The molecule has 0 spiro atoms. The first kappa shape index (κ1) is 14.1. The number of pyridine rings is 1. The van der Waals surface area contributed by atoms with Crippen molar-refractivity contribution in [3.05, 3.63) is 54.4 Å². The molecule has 1 N–H and O–H groups in total. The third kappa shape index (κ3) is 4.09. The summed E-state index contributed by atoms with van der Waals surface area (Å²) >= 11 is 0. The molecular weight excluding hydrogens is 252 g/mol. The van der Waals surface area contributed by atoms with Crippen LogP contribution in [0.5, 0.6) is 5.75 Å². The van der Waals surface area contributed by atoms with Crippen LogP contribution in [0.1, 0.15) is 30.1 Å². The highest BCUT2D eigenvalue weighted by Crippen LogP contribution is 2.18. The van der Waals surface area contributed by atoms with E-state index in [0.29, 0.717) is 11.3 Å². The quantitative estimate of drug-likeness (QED) is 0.496. The van der Waals surface area contributed by atoms with Crippen molar-refractivity contribution in [2.45, 2.75) is 19.8 Å². The van der Waals surface area contributed by atoms with Gasteiger partial charge in [0, 0.05) is 30.7 Å². The van der Waals surface area contributed by atoms with Crippen LogP contribution >= 0.6 is 0 Å². The molecule has 0 bridgehead atoms. The Kier molecular flexibility index (Phi) is 5.12. The molecule has 2 rings (SSSR count). The number of nitrogens with one attached hydrogen (secondary N) is 1. The number of carbonyl (C=O) groups excluding carboxylic acids is 1. The molecule has 0 aliphatic rings. The van der Waals surface area contributed by atoms with E-state index >= 15 is 0 Å². The third-order valence-corrected chi connectivity index (χ3v) is 2.80. The molecule has 0 radical (unpaired) electrons. The van der Waals surface area contributed by atoms with Crippen LogP contribution in [0.15, 0.2) is 48.8 Å². The number of esters is 1. The van der Waals surface area contributed by atoms with Crippen LogP contribution in [0.4, 0.5) is 5.69 Å². The van der Waals surface area contributed by atoms with Gasteiger partial charge in [-0.05, 0) is 30.7 Å². The van der Waals surface area contributed by atoms with E-state index < -0.39 is 5.97 Å². The Morgan fingerprint density at radius 1 is 1.30 bits per heavy atom. The lowest BCUT2D eigenvalue weighted by molar-refractivity contribution is 0.0734. The van der Waals surface area contributed by atoms with Gasteiger partial charge in [-0.1, -0.05) is 19.4 Å². The zero-order valence-electron chi connectivity index (χ0n) is 11.5. The van der Waals surface area contributed by atoms with Gasteiger partial charge in [-0.15, -0.1) is 0 Å². The molecule has 0 unspecified atom stereocenters. The van der Waals surface area contributed by atoms with Crippen LogP contribution in [0.25, 0.3) is 0 Å². The molecule has 20 heavy (non-hydrogen) atoms. The molecule has 0 fully saturated rings. The van der Waals surface area contributed by atoms with Crippen LogP contribution in [-0.2, 0) is 0 Å². The van der Waals surface area contributed by atoms with Crippen molar-refractivity contribution < 1.29 is 9.53 Å². The lowest BCUT2D eigenvalue weighted by Crippen LogP contribution is -2.09. The highest BCUT2D eigenvalue weighted by Gasteiger charge is 2.08. The summed E-state index contributed by atoms with van der Waals surface area (Å²) in [5, 5.41) is 3.30. The summed E-state index contributed by atoms with van der Waals surface area (Å²) in [6, 6.07) is 10.8. The minimum Gasteiger partial charge on any atom is -0.423 e. The molecule has 104 valence electrons. The first-order valence-electron chi connectivity index (χ1n) is 6.75. The average Bonchev–Trinajstić information content (AvgIpc) is 2.49. The normalized spacial score (nSPS) is 10.1. The molecule has 4 heteroatoms. The summed E-state index contributed by atoms with van der Waals surface area (Å²) in [4.78, 5) is 15.8. The maximum absolute atomic E-state index is 11.9. The monoisotopic (exact) mass is 270 g/mol. The number of unbranched alkanes of at least 4 members (excludes halogenated alkanes) is 1. The zero-order valence-corrected chi connectivity index (χ0v) is 11.5. The highest BCUT2D eigenvalue weighted by atomic mass is 16.5. The summed E-state index contributed by atoms with van der Waals surface area (Å²) in [7, 11) is 0. The molecule has 1 aromatic heterocycles. The van der Waals surface area contributed by atoms with Crippen LogP contribution in [-0.4, -0.2) is 17.5 Å². The summed E-state index contributed by atoms with van der Waals surface area (Å²) in [6.07, 6.45) is 5.36. The smallest absolute Gasteiger partial charge is 0.345 e. The van der Waals surface area contributed by atoms with E-state index in [2.05, 4.69) is 17.2 Å². The van der Waals surface area contributed by atoms with Gasteiger partial charge >= 0.3 is 5.97 Å². The first-order chi connectivity index (χ1) is 9.79. The molecule has 0 aliphatic heterocycles. The number of hydrogen-bond donors (Lipinski definition) is 1. The van der Waals surface area contributed by atoms with Crippen molar-refractivity contribution in [3.63, 3.8) is 0 Å². The van der Waals surface area contributed by atoms with E-state index in [-0.39, 0.29) is 0 Å². The lowest BCUT2D eigenvalue weighted by Gasteiger charge is -2.08. The van der Waals surface area contributed by atoms with Crippen molar-refractivity contribution in [3.8, 4) is 5.75 Å². The number of benzene rings is 1. The molecule has 0 aliphatic carbocycles. The third-order valence-electron chi connectivity index (χ3n) is 2.80. The van der Waals surface area contributed by atoms with Gasteiger partial charge < -0.3 is 10.1 Å². The van der Waals surface area contributed by atoms with Gasteiger partial charge in [0.25, 0.3) is 0 Å². The van der Waals surface area contributed by atoms with Crippen molar-refractivity contribution in [1.29, 1.82) is 0 Å².